The Kier molecular flexibility index (Phi) is 5.47. The molecule has 0 saturated heterocycles. The summed E-state index contributed by atoms with van der Waals surface area (Å²) in [5.74, 6) is -0.545. The van der Waals surface area contributed by atoms with Gasteiger partial charge in [-0.3, -0.25) is 14.9 Å². The van der Waals surface area contributed by atoms with Crippen LogP contribution in [-0.2, 0) is 0 Å². The van der Waals surface area contributed by atoms with Gasteiger partial charge in [-0.1, -0.05) is 31.5 Å². The van der Waals surface area contributed by atoms with Crippen molar-refractivity contribution in [2.24, 2.45) is 5.73 Å². The predicted octanol–water partition coefficient (Wildman–Crippen LogP) is 2.50. The molecule has 1 aromatic carbocycles. The van der Waals surface area contributed by atoms with E-state index in [-0.39, 0.29) is 22.8 Å². The highest BCUT2D eigenvalue weighted by molar-refractivity contribution is 6.33. The maximum Gasteiger partial charge on any atom is 0.300 e. The molecule has 0 aliphatic rings. The number of nitro groups is 1. The Hall–Kier alpha value is -1.66. The van der Waals surface area contributed by atoms with Crippen molar-refractivity contribution in [3.63, 3.8) is 0 Å². The molecule has 0 radical (unpaired) electrons. The fourth-order valence-electron chi connectivity index (χ4n) is 1.74. The van der Waals surface area contributed by atoms with Crippen LogP contribution in [-0.4, -0.2) is 22.9 Å². The number of halogens is 1. The number of benzene rings is 1. The first kappa shape index (κ1) is 16.4. The minimum atomic E-state index is -0.660. The van der Waals surface area contributed by atoms with Crippen molar-refractivity contribution in [1.82, 2.24) is 5.32 Å². The molecule has 110 valence electrons. The van der Waals surface area contributed by atoms with Crippen molar-refractivity contribution in [3.05, 3.63) is 38.9 Å². The van der Waals surface area contributed by atoms with Crippen LogP contribution in [0.25, 0.3) is 0 Å². The van der Waals surface area contributed by atoms with Gasteiger partial charge < -0.3 is 11.1 Å². The lowest BCUT2D eigenvalue weighted by atomic mass is 9.94. The maximum absolute atomic E-state index is 12.1. The molecule has 0 saturated carbocycles. The van der Waals surface area contributed by atoms with Gasteiger partial charge in [-0.25, -0.2) is 0 Å². The zero-order chi connectivity index (χ0) is 15.3. The zero-order valence-corrected chi connectivity index (χ0v) is 12.2. The fourth-order valence-corrected chi connectivity index (χ4v) is 1.98. The Morgan fingerprint density at radius 3 is 2.55 bits per heavy atom. The summed E-state index contributed by atoms with van der Waals surface area (Å²) >= 11 is 5.77. The second-order valence-corrected chi connectivity index (χ2v) is 5.05. The molecule has 0 atom stereocenters. The number of para-hydroxylation sites is 1. The molecule has 0 fully saturated rings. The number of nitrogens with two attached hydrogens (primary N) is 1. The van der Waals surface area contributed by atoms with Gasteiger partial charge in [0.05, 0.1) is 4.92 Å². The van der Waals surface area contributed by atoms with Crippen molar-refractivity contribution < 1.29 is 9.72 Å². The second-order valence-electron chi connectivity index (χ2n) is 4.65. The summed E-state index contributed by atoms with van der Waals surface area (Å²) in [6.07, 6.45) is 1.39. The highest BCUT2D eigenvalue weighted by Crippen LogP contribution is 2.28. The van der Waals surface area contributed by atoms with Crippen LogP contribution >= 0.6 is 11.6 Å². The average Bonchev–Trinajstić information content (AvgIpc) is 2.43. The number of nitro benzene ring substituents is 1. The molecule has 0 aromatic heterocycles. The third-order valence-electron chi connectivity index (χ3n) is 3.42. The SMILES string of the molecule is CCC(N)(CC)CNC(=O)c1cccc(Cl)c1[N+](=O)[O-]. The van der Waals surface area contributed by atoms with Crippen LogP contribution in [0.2, 0.25) is 5.02 Å². The number of carbonyl (C=O) groups is 1. The third-order valence-corrected chi connectivity index (χ3v) is 3.73. The van der Waals surface area contributed by atoms with Crippen LogP contribution < -0.4 is 11.1 Å². The van der Waals surface area contributed by atoms with E-state index in [1.54, 1.807) is 0 Å². The first-order valence-corrected chi connectivity index (χ1v) is 6.72. The van der Waals surface area contributed by atoms with Crippen molar-refractivity contribution in [2.45, 2.75) is 32.2 Å². The lowest BCUT2D eigenvalue weighted by molar-refractivity contribution is -0.385. The first-order chi connectivity index (χ1) is 9.34. The summed E-state index contributed by atoms with van der Waals surface area (Å²) in [7, 11) is 0. The molecule has 3 N–H and O–H groups in total. The number of hydrogen-bond donors (Lipinski definition) is 2. The second kappa shape index (κ2) is 6.67. The van der Waals surface area contributed by atoms with Crippen LogP contribution in [0.1, 0.15) is 37.0 Å². The average molecular weight is 300 g/mol. The first-order valence-electron chi connectivity index (χ1n) is 6.34. The highest BCUT2D eigenvalue weighted by Gasteiger charge is 2.26. The Bertz CT molecular complexity index is 516. The molecular formula is C13H18ClN3O3. The topological polar surface area (TPSA) is 98.3 Å². The molecule has 1 rings (SSSR count). The van der Waals surface area contributed by atoms with E-state index in [2.05, 4.69) is 5.32 Å². The van der Waals surface area contributed by atoms with Gasteiger partial charge in [0.2, 0.25) is 0 Å². The molecule has 0 aliphatic carbocycles. The van der Waals surface area contributed by atoms with E-state index in [0.29, 0.717) is 12.8 Å². The zero-order valence-electron chi connectivity index (χ0n) is 11.5. The number of nitrogens with zero attached hydrogens (tertiary/aromatic N) is 1. The predicted molar refractivity (Wildman–Crippen MR) is 77.9 cm³/mol. The highest BCUT2D eigenvalue weighted by atomic mass is 35.5. The largest absolute Gasteiger partial charge is 0.350 e. The number of hydrogen-bond acceptors (Lipinski definition) is 4. The van der Waals surface area contributed by atoms with E-state index in [9.17, 15) is 14.9 Å². The van der Waals surface area contributed by atoms with Crippen molar-refractivity contribution in [3.8, 4) is 0 Å². The number of amides is 1. The van der Waals surface area contributed by atoms with Crippen molar-refractivity contribution in [2.75, 3.05) is 6.54 Å². The van der Waals surface area contributed by atoms with Crippen LogP contribution in [0.3, 0.4) is 0 Å². The van der Waals surface area contributed by atoms with Gasteiger partial charge in [-0.15, -0.1) is 0 Å². The van der Waals surface area contributed by atoms with Crippen LogP contribution in [0.5, 0.6) is 0 Å². The minimum Gasteiger partial charge on any atom is -0.350 e. The molecule has 1 amide bonds. The standard InChI is InChI=1S/C13H18ClN3O3/c1-3-13(15,4-2)8-16-12(18)9-6-5-7-10(14)11(9)17(19)20/h5-7H,3-4,8,15H2,1-2H3,(H,16,18). The van der Waals surface area contributed by atoms with Crippen LogP contribution in [0.4, 0.5) is 5.69 Å². The number of nitrogens with one attached hydrogen (secondary N) is 1. The summed E-state index contributed by atoms with van der Waals surface area (Å²) in [5, 5.41) is 13.6. The molecule has 0 unspecified atom stereocenters. The molecule has 0 heterocycles. The summed E-state index contributed by atoms with van der Waals surface area (Å²) in [6.45, 7) is 4.11. The van der Waals surface area contributed by atoms with Crippen molar-refractivity contribution >= 4 is 23.2 Å². The Morgan fingerprint density at radius 1 is 1.45 bits per heavy atom. The lowest BCUT2D eigenvalue weighted by Gasteiger charge is -2.26. The summed E-state index contributed by atoms with van der Waals surface area (Å²) in [6, 6.07) is 4.25. The van der Waals surface area contributed by atoms with E-state index in [4.69, 9.17) is 17.3 Å². The third kappa shape index (κ3) is 3.68. The van der Waals surface area contributed by atoms with E-state index in [1.807, 2.05) is 13.8 Å². The molecule has 1 aromatic rings. The molecule has 0 bridgehead atoms. The Labute approximate surface area is 122 Å². The molecular weight excluding hydrogens is 282 g/mol. The van der Waals surface area contributed by atoms with E-state index < -0.39 is 16.4 Å². The fraction of sp³-hybridized carbons (Fsp3) is 0.462. The van der Waals surface area contributed by atoms with Gasteiger partial charge in [-0.05, 0) is 25.0 Å². The monoisotopic (exact) mass is 299 g/mol. The summed E-state index contributed by atoms with van der Waals surface area (Å²) in [4.78, 5) is 22.4. The minimum absolute atomic E-state index is 0.0583. The normalized spacial score (nSPS) is 11.2. The van der Waals surface area contributed by atoms with Crippen LogP contribution in [0.15, 0.2) is 18.2 Å². The number of carbonyl (C=O) groups excluding carboxylic acids is 1. The van der Waals surface area contributed by atoms with Crippen molar-refractivity contribution in [1.29, 1.82) is 0 Å². The van der Waals surface area contributed by atoms with Crippen LogP contribution in [0, 0.1) is 10.1 Å². The van der Waals surface area contributed by atoms with E-state index in [1.165, 1.54) is 18.2 Å². The van der Waals surface area contributed by atoms with E-state index >= 15 is 0 Å². The van der Waals surface area contributed by atoms with Gasteiger partial charge in [0.15, 0.2) is 0 Å². The molecule has 0 spiro atoms. The van der Waals surface area contributed by atoms with Gasteiger partial charge in [0, 0.05) is 12.1 Å². The summed E-state index contributed by atoms with van der Waals surface area (Å²) in [5.41, 5.74) is 5.12. The summed E-state index contributed by atoms with van der Waals surface area (Å²) < 4.78 is 0. The molecule has 6 nitrogen and oxygen atoms in total. The Morgan fingerprint density at radius 2 is 2.05 bits per heavy atom. The van der Waals surface area contributed by atoms with Gasteiger partial charge in [0.25, 0.3) is 5.91 Å². The molecule has 7 heteroatoms. The molecule has 20 heavy (non-hydrogen) atoms. The molecule has 0 aliphatic heterocycles. The maximum atomic E-state index is 12.1. The quantitative estimate of drug-likeness (QED) is 0.623. The number of rotatable bonds is 6. The smallest absolute Gasteiger partial charge is 0.300 e. The lowest BCUT2D eigenvalue weighted by Crippen LogP contribution is -2.49. The van der Waals surface area contributed by atoms with Gasteiger partial charge in [0.1, 0.15) is 10.6 Å². The Balaban J connectivity index is 2.94. The van der Waals surface area contributed by atoms with Gasteiger partial charge >= 0.3 is 5.69 Å². The van der Waals surface area contributed by atoms with Gasteiger partial charge in [-0.2, -0.15) is 0 Å². The van der Waals surface area contributed by atoms with E-state index in [0.717, 1.165) is 0 Å².